The number of rotatable bonds is 4. The minimum absolute atomic E-state index is 0.0792. The maximum atomic E-state index is 12.0. The van der Waals surface area contributed by atoms with Gasteiger partial charge in [-0.25, -0.2) is 4.98 Å². The molecule has 0 spiro atoms. The fourth-order valence-electron chi connectivity index (χ4n) is 2.34. The van der Waals surface area contributed by atoms with Gasteiger partial charge >= 0.3 is 0 Å². The maximum absolute atomic E-state index is 12.0. The van der Waals surface area contributed by atoms with E-state index in [0.29, 0.717) is 13.2 Å². The fourth-order valence-corrected chi connectivity index (χ4v) is 2.34. The summed E-state index contributed by atoms with van der Waals surface area (Å²) in [5, 5.41) is 2.99. The second-order valence-corrected chi connectivity index (χ2v) is 5.42. The number of ether oxygens (including phenoxy) is 1. The molecule has 0 radical (unpaired) electrons. The van der Waals surface area contributed by atoms with Gasteiger partial charge in [0.25, 0.3) is 0 Å². The Morgan fingerprint density at radius 1 is 1.67 bits per heavy atom. The summed E-state index contributed by atoms with van der Waals surface area (Å²) in [5.74, 6) is 0.224. The first-order valence-electron chi connectivity index (χ1n) is 6.46. The quantitative estimate of drug-likeness (QED) is 0.847. The number of carbonyl (C=O) groups excluding carboxylic acids is 1. The molecule has 0 bridgehead atoms. The number of nitrogens with one attached hydrogen (secondary N) is 2. The van der Waals surface area contributed by atoms with Gasteiger partial charge in [0, 0.05) is 37.4 Å². The van der Waals surface area contributed by atoms with Crippen LogP contribution in [0.2, 0.25) is 0 Å². The van der Waals surface area contributed by atoms with E-state index < -0.39 is 0 Å². The second-order valence-electron chi connectivity index (χ2n) is 5.42. The monoisotopic (exact) mass is 251 g/mol. The van der Waals surface area contributed by atoms with Gasteiger partial charge in [-0.15, -0.1) is 0 Å². The highest BCUT2D eigenvalue weighted by molar-refractivity contribution is 5.78. The lowest BCUT2D eigenvalue weighted by Gasteiger charge is -2.34. The molecule has 0 aliphatic carbocycles. The first-order chi connectivity index (χ1) is 8.57. The van der Waals surface area contributed by atoms with Gasteiger partial charge in [0.05, 0.1) is 11.9 Å². The fraction of sp³-hybridized carbons (Fsp3) is 0.692. The number of hydrogen-bond acceptors (Lipinski definition) is 3. The van der Waals surface area contributed by atoms with E-state index in [1.54, 1.807) is 12.5 Å². The molecule has 1 fully saturated rings. The summed E-state index contributed by atoms with van der Waals surface area (Å²) in [7, 11) is 0. The van der Waals surface area contributed by atoms with Crippen molar-refractivity contribution in [2.24, 2.45) is 5.92 Å². The molecule has 2 N–H and O–H groups in total. The summed E-state index contributed by atoms with van der Waals surface area (Å²) in [6.45, 7) is 5.40. The number of hydrogen-bond donors (Lipinski definition) is 2. The van der Waals surface area contributed by atoms with E-state index in [4.69, 9.17) is 4.74 Å². The summed E-state index contributed by atoms with van der Waals surface area (Å²) in [6.07, 6.45) is 5.84. The van der Waals surface area contributed by atoms with E-state index in [1.165, 1.54) is 0 Å². The molecule has 1 atom stereocenters. The topological polar surface area (TPSA) is 67.0 Å². The van der Waals surface area contributed by atoms with Crippen LogP contribution in [-0.2, 0) is 16.0 Å². The minimum Gasteiger partial charge on any atom is -0.376 e. The third-order valence-corrected chi connectivity index (χ3v) is 3.32. The molecule has 1 aliphatic rings. The van der Waals surface area contributed by atoms with Gasteiger partial charge in [0.2, 0.25) is 5.91 Å². The summed E-state index contributed by atoms with van der Waals surface area (Å²) in [4.78, 5) is 19.0. The summed E-state index contributed by atoms with van der Waals surface area (Å²) in [6, 6.07) is 0. The van der Waals surface area contributed by atoms with Crippen LogP contribution in [0.25, 0.3) is 0 Å². The van der Waals surface area contributed by atoms with Crippen LogP contribution < -0.4 is 5.32 Å². The summed E-state index contributed by atoms with van der Waals surface area (Å²) in [5.41, 5.74) is 0.867. The van der Waals surface area contributed by atoms with Crippen molar-refractivity contribution in [3.63, 3.8) is 0 Å². The van der Waals surface area contributed by atoms with Crippen molar-refractivity contribution in [3.05, 3.63) is 18.2 Å². The zero-order chi connectivity index (χ0) is 13.0. The molecule has 1 amide bonds. The van der Waals surface area contributed by atoms with Crippen molar-refractivity contribution >= 4 is 5.91 Å². The summed E-state index contributed by atoms with van der Waals surface area (Å²) < 4.78 is 5.62. The van der Waals surface area contributed by atoms with Gasteiger partial charge < -0.3 is 15.0 Å². The van der Waals surface area contributed by atoms with E-state index in [-0.39, 0.29) is 17.4 Å². The molecule has 18 heavy (non-hydrogen) atoms. The lowest BCUT2D eigenvalue weighted by atomic mass is 9.88. The minimum atomic E-state index is -0.177. The van der Waals surface area contributed by atoms with E-state index in [2.05, 4.69) is 15.3 Å². The molecule has 2 heterocycles. The SMILES string of the molecule is CC1(C)CC(C(=O)NCCc2cnc[nH]2)CCO1. The molecular formula is C13H21N3O2. The number of nitrogens with zero attached hydrogens (tertiary/aromatic N) is 1. The number of carbonyl (C=O) groups is 1. The molecule has 1 aliphatic heterocycles. The Labute approximate surface area is 107 Å². The highest BCUT2D eigenvalue weighted by atomic mass is 16.5. The van der Waals surface area contributed by atoms with Crippen LogP contribution in [-0.4, -0.2) is 34.6 Å². The molecule has 1 aromatic rings. The van der Waals surface area contributed by atoms with E-state index in [9.17, 15) is 4.79 Å². The van der Waals surface area contributed by atoms with Crippen molar-refractivity contribution in [3.8, 4) is 0 Å². The van der Waals surface area contributed by atoms with E-state index >= 15 is 0 Å². The number of aromatic nitrogens is 2. The van der Waals surface area contributed by atoms with Gasteiger partial charge in [-0.2, -0.15) is 0 Å². The molecule has 1 unspecified atom stereocenters. The number of amides is 1. The van der Waals surface area contributed by atoms with Crippen molar-refractivity contribution in [1.29, 1.82) is 0 Å². The molecule has 0 aromatic carbocycles. The summed E-state index contributed by atoms with van der Waals surface area (Å²) >= 11 is 0. The smallest absolute Gasteiger partial charge is 0.223 e. The third kappa shape index (κ3) is 3.57. The zero-order valence-corrected chi connectivity index (χ0v) is 11.0. The predicted molar refractivity (Wildman–Crippen MR) is 68.1 cm³/mol. The molecule has 1 aromatic heterocycles. The Hall–Kier alpha value is -1.36. The van der Waals surface area contributed by atoms with Crippen LogP contribution in [0.3, 0.4) is 0 Å². The van der Waals surface area contributed by atoms with Crippen molar-refractivity contribution in [2.45, 2.75) is 38.7 Å². The van der Waals surface area contributed by atoms with Gasteiger partial charge in [0.15, 0.2) is 0 Å². The lowest BCUT2D eigenvalue weighted by Crippen LogP contribution is -2.41. The molecule has 5 heteroatoms. The van der Waals surface area contributed by atoms with Crippen LogP contribution in [0, 0.1) is 5.92 Å². The molecule has 5 nitrogen and oxygen atoms in total. The maximum Gasteiger partial charge on any atom is 0.223 e. The van der Waals surface area contributed by atoms with Gasteiger partial charge in [-0.3, -0.25) is 4.79 Å². The van der Waals surface area contributed by atoms with Crippen LogP contribution in [0.5, 0.6) is 0 Å². The van der Waals surface area contributed by atoms with E-state index in [0.717, 1.165) is 25.0 Å². The Balaban J connectivity index is 1.74. The highest BCUT2D eigenvalue weighted by Gasteiger charge is 2.32. The van der Waals surface area contributed by atoms with Crippen LogP contribution in [0.1, 0.15) is 32.4 Å². The Bertz CT molecular complexity index is 387. The van der Waals surface area contributed by atoms with Gasteiger partial charge in [0.1, 0.15) is 0 Å². The normalized spacial score (nSPS) is 22.7. The second kappa shape index (κ2) is 5.52. The Kier molecular flexibility index (Phi) is 4.01. The average molecular weight is 251 g/mol. The molecule has 2 rings (SSSR count). The third-order valence-electron chi connectivity index (χ3n) is 3.32. The van der Waals surface area contributed by atoms with Crippen LogP contribution in [0.4, 0.5) is 0 Å². The largest absolute Gasteiger partial charge is 0.376 e. The zero-order valence-electron chi connectivity index (χ0n) is 11.0. The molecular weight excluding hydrogens is 230 g/mol. The first-order valence-corrected chi connectivity index (χ1v) is 6.46. The van der Waals surface area contributed by atoms with Crippen molar-refractivity contribution < 1.29 is 9.53 Å². The van der Waals surface area contributed by atoms with Crippen molar-refractivity contribution in [1.82, 2.24) is 15.3 Å². The highest BCUT2D eigenvalue weighted by Crippen LogP contribution is 2.28. The first kappa shape index (κ1) is 13.1. The lowest BCUT2D eigenvalue weighted by molar-refractivity contribution is -0.135. The molecule has 1 saturated heterocycles. The Morgan fingerprint density at radius 3 is 3.17 bits per heavy atom. The number of imidazole rings is 1. The van der Waals surface area contributed by atoms with Gasteiger partial charge in [-0.05, 0) is 26.7 Å². The molecule has 0 saturated carbocycles. The van der Waals surface area contributed by atoms with Gasteiger partial charge in [-0.1, -0.05) is 0 Å². The molecule has 100 valence electrons. The standard InChI is InChI=1S/C13H21N3O2/c1-13(2)7-10(4-6-18-13)12(17)15-5-3-11-8-14-9-16-11/h8-10H,3-7H2,1-2H3,(H,14,16)(H,15,17). The predicted octanol–water partition coefficient (Wildman–Crippen LogP) is 1.27. The number of H-pyrrole nitrogens is 1. The van der Waals surface area contributed by atoms with E-state index in [1.807, 2.05) is 13.8 Å². The van der Waals surface area contributed by atoms with Crippen molar-refractivity contribution in [2.75, 3.05) is 13.2 Å². The number of aromatic amines is 1. The average Bonchev–Trinajstić information content (AvgIpc) is 2.80. The van der Waals surface area contributed by atoms with Crippen LogP contribution in [0.15, 0.2) is 12.5 Å². The van der Waals surface area contributed by atoms with Crippen LogP contribution >= 0.6 is 0 Å². The Morgan fingerprint density at radius 2 is 2.50 bits per heavy atom.